The lowest BCUT2D eigenvalue weighted by molar-refractivity contribution is -0.127. The summed E-state index contributed by atoms with van der Waals surface area (Å²) in [5, 5.41) is 2.64. The number of carbonyl (C=O) groups is 2. The number of nitrogens with one attached hydrogen (secondary N) is 3. The molecule has 2 amide bonds. The van der Waals surface area contributed by atoms with Crippen molar-refractivity contribution in [2.24, 2.45) is 11.8 Å². The first kappa shape index (κ1) is 14.9. The Labute approximate surface area is 113 Å². The van der Waals surface area contributed by atoms with Crippen molar-refractivity contribution in [2.45, 2.75) is 46.0 Å². The summed E-state index contributed by atoms with van der Waals surface area (Å²) in [4.78, 5) is 23.1. The Bertz CT molecular complexity index is 325. The van der Waals surface area contributed by atoms with E-state index in [9.17, 15) is 9.59 Å². The molecule has 18 heavy (non-hydrogen) atoms. The summed E-state index contributed by atoms with van der Waals surface area (Å²) in [5.41, 5.74) is 5.12. The molecule has 0 aliphatic heterocycles. The van der Waals surface area contributed by atoms with Crippen LogP contribution < -0.4 is 16.2 Å². The molecule has 0 saturated heterocycles. The Morgan fingerprint density at radius 3 is 2.28 bits per heavy atom. The van der Waals surface area contributed by atoms with Gasteiger partial charge in [0.15, 0.2) is 5.11 Å². The zero-order valence-electron chi connectivity index (χ0n) is 10.9. The van der Waals surface area contributed by atoms with Crippen LogP contribution in [-0.2, 0) is 9.59 Å². The van der Waals surface area contributed by atoms with E-state index in [0.29, 0.717) is 0 Å². The summed E-state index contributed by atoms with van der Waals surface area (Å²) in [6, 6.07) is 0. The molecule has 0 unspecified atom stereocenters. The average Bonchev–Trinajstić information content (AvgIpc) is 2.36. The zero-order valence-corrected chi connectivity index (χ0v) is 11.7. The number of thiocarbonyl (C=S) groups is 1. The quantitative estimate of drug-likeness (QED) is 0.522. The van der Waals surface area contributed by atoms with Gasteiger partial charge >= 0.3 is 0 Å². The Morgan fingerprint density at radius 1 is 1.11 bits per heavy atom. The van der Waals surface area contributed by atoms with Crippen molar-refractivity contribution in [3.05, 3.63) is 0 Å². The maximum absolute atomic E-state index is 11.8. The van der Waals surface area contributed by atoms with Gasteiger partial charge in [0.1, 0.15) is 0 Å². The van der Waals surface area contributed by atoms with Crippen molar-refractivity contribution < 1.29 is 9.59 Å². The van der Waals surface area contributed by atoms with E-state index in [0.717, 1.165) is 25.7 Å². The summed E-state index contributed by atoms with van der Waals surface area (Å²) in [7, 11) is 0. The van der Waals surface area contributed by atoms with Crippen LogP contribution in [0.5, 0.6) is 0 Å². The third-order valence-corrected chi connectivity index (χ3v) is 3.24. The minimum Gasteiger partial charge on any atom is -0.302 e. The molecule has 1 aliphatic carbocycles. The fourth-order valence-corrected chi connectivity index (χ4v) is 2.02. The predicted molar refractivity (Wildman–Crippen MR) is 73.4 cm³/mol. The van der Waals surface area contributed by atoms with E-state index < -0.39 is 0 Å². The molecule has 0 aromatic carbocycles. The lowest BCUT2D eigenvalue weighted by Crippen LogP contribution is -2.50. The summed E-state index contributed by atoms with van der Waals surface area (Å²) in [6.07, 6.45) is 5.27. The van der Waals surface area contributed by atoms with Crippen LogP contribution in [0.15, 0.2) is 0 Å². The van der Waals surface area contributed by atoms with Crippen molar-refractivity contribution in [1.29, 1.82) is 0 Å². The summed E-state index contributed by atoms with van der Waals surface area (Å²) in [6.45, 7) is 3.55. The standard InChI is InChI=1S/C12H21N3O2S/c1-8(2)10(16)13-12(18)15-14-11(17)9-6-4-3-5-7-9/h8-9H,3-7H2,1-2H3,(H,14,17)(H2,13,15,16,18). The van der Waals surface area contributed by atoms with E-state index in [-0.39, 0.29) is 28.8 Å². The van der Waals surface area contributed by atoms with Gasteiger partial charge in [-0.2, -0.15) is 0 Å². The fraction of sp³-hybridized carbons (Fsp3) is 0.750. The second-order valence-corrected chi connectivity index (χ2v) is 5.33. The highest BCUT2D eigenvalue weighted by atomic mass is 32.1. The number of amides is 2. The van der Waals surface area contributed by atoms with Crippen LogP contribution in [0.25, 0.3) is 0 Å². The Kier molecular flexibility index (Phi) is 6.04. The number of hydrogen-bond donors (Lipinski definition) is 3. The number of hydrazine groups is 1. The van der Waals surface area contributed by atoms with Crippen molar-refractivity contribution in [1.82, 2.24) is 16.2 Å². The SMILES string of the molecule is CC(C)C(=O)NC(=S)NNC(=O)C1CCCCC1. The maximum Gasteiger partial charge on any atom is 0.241 e. The van der Waals surface area contributed by atoms with E-state index in [4.69, 9.17) is 12.2 Å². The minimum atomic E-state index is -0.167. The van der Waals surface area contributed by atoms with Gasteiger partial charge in [0.2, 0.25) is 11.8 Å². The molecule has 1 fully saturated rings. The third-order valence-electron chi connectivity index (χ3n) is 3.04. The molecule has 0 atom stereocenters. The Balaban J connectivity index is 2.25. The molecule has 0 heterocycles. The molecule has 6 heteroatoms. The van der Waals surface area contributed by atoms with E-state index in [1.807, 2.05) is 0 Å². The fourth-order valence-electron chi connectivity index (χ4n) is 1.87. The maximum atomic E-state index is 11.8. The van der Waals surface area contributed by atoms with Crippen molar-refractivity contribution >= 4 is 29.1 Å². The van der Waals surface area contributed by atoms with Crippen LogP contribution in [0.4, 0.5) is 0 Å². The van der Waals surface area contributed by atoms with Gasteiger partial charge in [-0.3, -0.25) is 20.4 Å². The van der Waals surface area contributed by atoms with Gasteiger partial charge in [0.25, 0.3) is 0 Å². The number of rotatable bonds is 2. The van der Waals surface area contributed by atoms with E-state index in [1.165, 1.54) is 6.42 Å². The van der Waals surface area contributed by atoms with Crippen LogP contribution in [0.1, 0.15) is 46.0 Å². The first-order chi connectivity index (χ1) is 8.50. The minimum absolute atomic E-state index is 0.0455. The highest BCUT2D eigenvalue weighted by Gasteiger charge is 2.21. The van der Waals surface area contributed by atoms with E-state index >= 15 is 0 Å². The van der Waals surface area contributed by atoms with Gasteiger partial charge in [-0.15, -0.1) is 0 Å². The molecule has 1 saturated carbocycles. The van der Waals surface area contributed by atoms with Gasteiger partial charge in [-0.25, -0.2) is 0 Å². The van der Waals surface area contributed by atoms with Crippen molar-refractivity contribution in [3.8, 4) is 0 Å². The molecular formula is C12H21N3O2S. The van der Waals surface area contributed by atoms with Crippen LogP contribution in [0.2, 0.25) is 0 Å². The topological polar surface area (TPSA) is 70.2 Å². The molecule has 0 bridgehead atoms. The largest absolute Gasteiger partial charge is 0.302 e. The monoisotopic (exact) mass is 271 g/mol. The molecule has 0 aromatic rings. The van der Waals surface area contributed by atoms with Crippen LogP contribution in [-0.4, -0.2) is 16.9 Å². The van der Waals surface area contributed by atoms with Gasteiger partial charge in [-0.1, -0.05) is 33.1 Å². The first-order valence-electron chi connectivity index (χ1n) is 6.41. The molecule has 3 N–H and O–H groups in total. The molecule has 1 rings (SSSR count). The van der Waals surface area contributed by atoms with Crippen LogP contribution >= 0.6 is 12.2 Å². The van der Waals surface area contributed by atoms with Gasteiger partial charge in [-0.05, 0) is 25.1 Å². The second-order valence-electron chi connectivity index (χ2n) is 4.92. The molecule has 102 valence electrons. The van der Waals surface area contributed by atoms with E-state index in [1.54, 1.807) is 13.8 Å². The molecule has 0 radical (unpaired) electrons. The zero-order chi connectivity index (χ0) is 13.5. The highest BCUT2D eigenvalue weighted by molar-refractivity contribution is 7.80. The normalized spacial score (nSPS) is 16.2. The first-order valence-corrected chi connectivity index (χ1v) is 6.82. The molecular weight excluding hydrogens is 250 g/mol. The van der Waals surface area contributed by atoms with Gasteiger partial charge in [0, 0.05) is 11.8 Å². The molecule has 5 nitrogen and oxygen atoms in total. The van der Waals surface area contributed by atoms with Crippen LogP contribution in [0.3, 0.4) is 0 Å². The molecule has 1 aliphatic rings. The number of hydrogen-bond acceptors (Lipinski definition) is 3. The van der Waals surface area contributed by atoms with Crippen molar-refractivity contribution in [2.75, 3.05) is 0 Å². The van der Waals surface area contributed by atoms with Gasteiger partial charge in [0.05, 0.1) is 0 Å². The summed E-state index contributed by atoms with van der Waals surface area (Å²) < 4.78 is 0. The smallest absolute Gasteiger partial charge is 0.241 e. The summed E-state index contributed by atoms with van der Waals surface area (Å²) in [5.74, 6) is -0.288. The molecule has 0 aromatic heterocycles. The lowest BCUT2D eigenvalue weighted by atomic mass is 9.89. The van der Waals surface area contributed by atoms with Crippen LogP contribution in [0, 0.1) is 11.8 Å². The van der Waals surface area contributed by atoms with E-state index in [2.05, 4.69) is 16.2 Å². The summed E-state index contributed by atoms with van der Waals surface area (Å²) >= 11 is 4.91. The predicted octanol–water partition coefficient (Wildman–Crippen LogP) is 1.24. The number of carbonyl (C=O) groups excluding carboxylic acids is 2. The molecule has 0 spiro atoms. The Hall–Kier alpha value is -1.17. The lowest BCUT2D eigenvalue weighted by Gasteiger charge is -2.21. The second kappa shape index (κ2) is 7.31. The Morgan fingerprint density at radius 2 is 1.72 bits per heavy atom. The average molecular weight is 271 g/mol. The van der Waals surface area contributed by atoms with Gasteiger partial charge < -0.3 is 5.32 Å². The van der Waals surface area contributed by atoms with Crippen molar-refractivity contribution in [3.63, 3.8) is 0 Å². The highest BCUT2D eigenvalue weighted by Crippen LogP contribution is 2.23. The third kappa shape index (κ3) is 5.00.